The first-order valence-electron chi connectivity index (χ1n) is 10.9. The summed E-state index contributed by atoms with van der Waals surface area (Å²) in [5, 5.41) is 2.89. The molecule has 0 bridgehead atoms. The molecule has 0 spiro atoms. The lowest BCUT2D eigenvalue weighted by molar-refractivity contribution is -0.111. The Morgan fingerprint density at radius 3 is 2.34 bits per heavy atom. The predicted molar refractivity (Wildman–Crippen MR) is 127 cm³/mol. The summed E-state index contributed by atoms with van der Waals surface area (Å²) in [6.07, 6.45) is 4.31. The van der Waals surface area contributed by atoms with Gasteiger partial charge in [0.25, 0.3) is 5.91 Å². The Labute approximate surface area is 190 Å². The van der Waals surface area contributed by atoms with Crippen LogP contribution in [0.5, 0.6) is 11.5 Å². The van der Waals surface area contributed by atoms with Gasteiger partial charge in [-0.25, -0.2) is 0 Å². The lowest BCUT2D eigenvalue weighted by Crippen LogP contribution is -2.42. The number of rotatable bonds is 6. The molecule has 1 aliphatic rings. The number of likely N-dealkylation sites (tertiary alicyclic amines) is 1. The average molecular weight is 437 g/mol. The second-order valence-electron chi connectivity index (χ2n) is 8.62. The van der Waals surface area contributed by atoms with Crippen LogP contribution in [0.25, 0.3) is 6.08 Å². The third-order valence-electron chi connectivity index (χ3n) is 5.73. The van der Waals surface area contributed by atoms with Crippen LogP contribution >= 0.6 is 0 Å². The first-order valence-corrected chi connectivity index (χ1v) is 10.9. The highest BCUT2D eigenvalue weighted by atomic mass is 16.5. The van der Waals surface area contributed by atoms with E-state index in [0.29, 0.717) is 34.6 Å². The Balaban J connectivity index is 1.71. The first kappa shape index (κ1) is 23.4. The number of methoxy groups -OCH3 is 2. The lowest BCUT2D eigenvalue weighted by Gasteiger charge is -2.35. The topological polar surface area (TPSA) is 67.9 Å². The molecule has 6 heteroatoms. The Morgan fingerprint density at radius 2 is 1.69 bits per heavy atom. The van der Waals surface area contributed by atoms with Gasteiger partial charge in [-0.3, -0.25) is 9.59 Å². The summed E-state index contributed by atoms with van der Waals surface area (Å²) >= 11 is 0. The smallest absolute Gasteiger partial charge is 0.253 e. The van der Waals surface area contributed by atoms with E-state index in [9.17, 15) is 9.59 Å². The van der Waals surface area contributed by atoms with Crippen molar-refractivity contribution in [2.24, 2.45) is 11.8 Å². The van der Waals surface area contributed by atoms with E-state index in [-0.39, 0.29) is 11.8 Å². The molecule has 170 valence electrons. The number of benzene rings is 2. The number of hydrogen-bond donors (Lipinski definition) is 1. The maximum atomic E-state index is 13.0. The molecule has 1 N–H and O–H groups in total. The summed E-state index contributed by atoms with van der Waals surface area (Å²) < 4.78 is 10.5. The van der Waals surface area contributed by atoms with Gasteiger partial charge in [-0.2, -0.15) is 0 Å². The van der Waals surface area contributed by atoms with Crippen molar-refractivity contribution in [3.8, 4) is 11.5 Å². The molecule has 6 nitrogen and oxygen atoms in total. The summed E-state index contributed by atoms with van der Waals surface area (Å²) in [6, 6.07) is 10.9. The number of hydrogen-bond acceptors (Lipinski definition) is 4. The van der Waals surface area contributed by atoms with Crippen molar-refractivity contribution in [1.29, 1.82) is 0 Å². The zero-order valence-electron chi connectivity index (χ0n) is 19.5. The molecule has 1 fully saturated rings. The lowest BCUT2D eigenvalue weighted by atomic mass is 9.91. The molecule has 1 aliphatic heterocycles. The van der Waals surface area contributed by atoms with Gasteiger partial charge in [0.05, 0.1) is 14.2 Å². The second-order valence-corrected chi connectivity index (χ2v) is 8.62. The fourth-order valence-electron chi connectivity index (χ4n) is 4.20. The highest BCUT2D eigenvalue weighted by molar-refractivity contribution is 6.03. The van der Waals surface area contributed by atoms with Crippen LogP contribution in [0.1, 0.15) is 41.8 Å². The van der Waals surface area contributed by atoms with Crippen molar-refractivity contribution < 1.29 is 19.1 Å². The standard InChI is InChI=1S/C26H32N2O4/c1-17-12-18(2)16-28(15-17)26(30)21-9-6-19(3)22(14-21)27-25(29)11-8-20-7-10-23(31-4)24(13-20)32-5/h6-11,13-14,17-18H,12,15-16H2,1-5H3,(H,27,29)/b11-8+. The summed E-state index contributed by atoms with van der Waals surface area (Å²) in [7, 11) is 3.15. The van der Waals surface area contributed by atoms with Gasteiger partial charge < -0.3 is 19.7 Å². The van der Waals surface area contributed by atoms with Gasteiger partial charge in [0.15, 0.2) is 11.5 Å². The quantitative estimate of drug-likeness (QED) is 0.662. The fourth-order valence-corrected chi connectivity index (χ4v) is 4.20. The number of nitrogens with one attached hydrogen (secondary N) is 1. The minimum Gasteiger partial charge on any atom is -0.493 e. The van der Waals surface area contributed by atoms with Crippen molar-refractivity contribution in [3.63, 3.8) is 0 Å². The number of nitrogens with zero attached hydrogens (tertiary/aromatic N) is 1. The molecule has 0 aromatic heterocycles. The SMILES string of the molecule is COc1ccc(/C=C/C(=O)Nc2cc(C(=O)N3CC(C)CC(C)C3)ccc2C)cc1OC. The molecule has 1 saturated heterocycles. The zero-order chi connectivity index (χ0) is 23.3. The van der Waals surface area contributed by atoms with E-state index in [4.69, 9.17) is 9.47 Å². The monoisotopic (exact) mass is 436 g/mol. The molecule has 0 aliphatic carbocycles. The van der Waals surface area contributed by atoms with E-state index in [1.807, 2.05) is 30.0 Å². The van der Waals surface area contributed by atoms with E-state index >= 15 is 0 Å². The Bertz CT molecular complexity index is 1000. The van der Waals surface area contributed by atoms with Crippen molar-refractivity contribution in [1.82, 2.24) is 4.90 Å². The molecule has 0 radical (unpaired) electrons. The number of carbonyl (C=O) groups is 2. The molecule has 2 aromatic rings. The van der Waals surface area contributed by atoms with Gasteiger partial charge in [0.1, 0.15) is 0 Å². The fraction of sp³-hybridized carbons (Fsp3) is 0.385. The van der Waals surface area contributed by atoms with Crippen LogP contribution in [0.15, 0.2) is 42.5 Å². The van der Waals surface area contributed by atoms with Crippen LogP contribution in [0, 0.1) is 18.8 Å². The number of amides is 2. The Kier molecular flexibility index (Phi) is 7.57. The number of piperidine rings is 1. The van der Waals surface area contributed by atoms with E-state index in [1.54, 1.807) is 38.5 Å². The zero-order valence-corrected chi connectivity index (χ0v) is 19.5. The van der Waals surface area contributed by atoms with Gasteiger partial charge in [-0.15, -0.1) is 0 Å². The minimum absolute atomic E-state index is 0.0137. The van der Waals surface area contributed by atoms with Crippen LogP contribution in [-0.2, 0) is 4.79 Å². The maximum Gasteiger partial charge on any atom is 0.253 e. The first-order chi connectivity index (χ1) is 15.3. The molecular weight excluding hydrogens is 404 g/mol. The summed E-state index contributed by atoms with van der Waals surface area (Å²) in [5.74, 6) is 1.96. The molecule has 32 heavy (non-hydrogen) atoms. The predicted octanol–water partition coefficient (Wildman–Crippen LogP) is 4.78. The number of anilines is 1. The van der Waals surface area contributed by atoms with E-state index < -0.39 is 0 Å². The van der Waals surface area contributed by atoms with Gasteiger partial charge in [-0.1, -0.05) is 26.0 Å². The normalized spacial score (nSPS) is 18.5. The Morgan fingerprint density at radius 1 is 1.00 bits per heavy atom. The van der Waals surface area contributed by atoms with Crippen LogP contribution in [0.2, 0.25) is 0 Å². The minimum atomic E-state index is -0.271. The molecular formula is C26H32N2O4. The third-order valence-corrected chi connectivity index (χ3v) is 5.73. The maximum absolute atomic E-state index is 13.0. The van der Waals surface area contributed by atoms with E-state index in [2.05, 4.69) is 19.2 Å². The number of aryl methyl sites for hydroxylation is 1. The largest absolute Gasteiger partial charge is 0.493 e. The van der Waals surface area contributed by atoms with Gasteiger partial charge in [0.2, 0.25) is 5.91 Å². The molecule has 2 aromatic carbocycles. The highest BCUT2D eigenvalue weighted by Crippen LogP contribution is 2.28. The molecule has 0 saturated carbocycles. The summed E-state index contributed by atoms with van der Waals surface area (Å²) in [6.45, 7) is 7.81. The third kappa shape index (κ3) is 5.69. The second kappa shape index (κ2) is 10.4. The van der Waals surface area contributed by atoms with Crippen molar-refractivity contribution in [2.45, 2.75) is 27.2 Å². The number of carbonyl (C=O) groups excluding carboxylic acids is 2. The molecule has 3 rings (SSSR count). The Hall–Kier alpha value is -3.28. The van der Waals surface area contributed by atoms with E-state index in [1.165, 1.54) is 6.08 Å². The van der Waals surface area contributed by atoms with Crippen molar-refractivity contribution in [2.75, 3.05) is 32.6 Å². The van der Waals surface area contributed by atoms with Gasteiger partial charge in [-0.05, 0) is 66.6 Å². The summed E-state index contributed by atoms with van der Waals surface area (Å²) in [4.78, 5) is 27.5. The summed E-state index contributed by atoms with van der Waals surface area (Å²) in [5.41, 5.74) is 2.94. The number of ether oxygens (including phenoxy) is 2. The van der Waals surface area contributed by atoms with E-state index in [0.717, 1.165) is 30.6 Å². The van der Waals surface area contributed by atoms with Gasteiger partial charge >= 0.3 is 0 Å². The van der Waals surface area contributed by atoms with Crippen molar-refractivity contribution >= 4 is 23.6 Å². The average Bonchev–Trinajstić information content (AvgIpc) is 2.77. The van der Waals surface area contributed by atoms with Crippen LogP contribution in [0.3, 0.4) is 0 Å². The van der Waals surface area contributed by atoms with Crippen LogP contribution < -0.4 is 14.8 Å². The van der Waals surface area contributed by atoms with Crippen LogP contribution in [-0.4, -0.2) is 44.0 Å². The molecule has 2 amide bonds. The molecule has 2 unspecified atom stereocenters. The van der Waals surface area contributed by atoms with Crippen LogP contribution in [0.4, 0.5) is 5.69 Å². The van der Waals surface area contributed by atoms with Crippen molar-refractivity contribution in [3.05, 3.63) is 59.2 Å². The molecule has 2 atom stereocenters. The molecule has 1 heterocycles. The highest BCUT2D eigenvalue weighted by Gasteiger charge is 2.26. The van der Waals surface area contributed by atoms with Gasteiger partial charge in [0, 0.05) is 30.4 Å².